The van der Waals surface area contributed by atoms with Crippen molar-refractivity contribution in [3.63, 3.8) is 0 Å². The van der Waals surface area contributed by atoms with Gasteiger partial charge in [-0.1, -0.05) is 23.7 Å². The molecule has 1 aromatic rings. The highest BCUT2D eigenvalue weighted by atomic mass is 35.5. The maximum atomic E-state index is 13.5. The molecule has 1 unspecified atom stereocenters. The Labute approximate surface area is 104 Å². The van der Waals surface area contributed by atoms with Crippen molar-refractivity contribution in [2.24, 2.45) is 0 Å². The van der Waals surface area contributed by atoms with Gasteiger partial charge in [-0.15, -0.1) is 0 Å². The zero-order valence-corrected chi connectivity index (χ0v) is 10.2. The van der Waals surface area contributed by atoms with Gasteiger partial charge in [0.15, 0.2) is 0 Å². The molecular formula is C12H12ClFO3. The van der Waals surface area contributed by atoms with Crippen molar-refractivity contribution in [1.29, 1.82) is 0 Å². The number of hydrogen-bond donors (Lipinski definition) is 0. The summed E-state index contributed by atoms with van der Waals surface area (Å²) in [5, 5.41) is 0.306. The van der Waals surface area contributed by atoms with Gasteiger partial charge in [-0.3, -0.25) is 4.79 Å². The van der Waals surface area contributed by atoms with Gasteiger partial charge in [-0.25, -0.2) is 9.18 Å². The maximum Gasteiger partial charge on any atom is 0.349 e. The third-order valence-electron chi connectivity index (χ3n) is 1.90. The molecule has 1 rings (SSSR count). The van der Waals surface area contributed by atoms with E-state index < -0.39 is 24.0 Å². The molecule has 0 spiro atoms. The number of halogens is 2. The van der Waals surface area contributed by atoms with Gasteiger partial charge >= 0.3 is 5.97 Å². The van der Waals surface area contributed by atoms with E-state index in [0.29, 0.717) is 5.02 Å². The number of alkyl halides is 1. The summed E-state index contributed by atoms with van der Waals surface area (Å²) in [5.41, 5.74) is 0.0470. The summed E-state index contributed by atoms with van der Waals surface area (Å²) in [6.07, 6.45) is -2.77. The van der Waals surface area contributed by atoms with Crippen molar-refractivity contribution in [1.82, 2.24) is 0 Å². The van der Waals surface area contributed by atoms with E-state index in [9.17, 15) is 14.0 Å². The van der Waals surface area contributed by atoms with E-state index in [1.165, 1.54) is 18.2 Å². The summed E-state index contributed by atoms with van der Waals surface area (Å²) in [7, 11) is 0. The third kappa shape index (κ3) is 3.82. The number of rotatable bonds is 4. The van der Waals surface area contributed by atoms with Gasteiger partial charge in [0.05, 0.1) is 6.10 Å². The number of carbonyl (C=O) groups excluding carboxylic acids is 2. The van der Waals surface area contributed by atoms with Crippen LogP contribution < -0.4 is 0 Å². The summed E-state index contributed by atoms with van der Waals surface area (Å²) in [5.74, 6) is -2.12. The predicted molar refractivity (Wildman–Crippen MR) is 61.9 cm³/mol. The van der Waals surface area contributed by atoms with Crippen LogP contribution in [0.2, 0.25) is 5.02 Å². The minimum absolute atomic E-state index is 0.0470. The number of benzene rings is 1. The van der Waals surface area contributed by atoms with E-state index in [4.69, 9.17) is 11.6 Å². The number of carbonyl (C=O) groups is 2. The van der Waals surface area contributed by atoms with Crippen LogP contribution in [0, 0.1) is 0 Å². The fourth-order valence-electron chi connectivity index (χ4n) is 1.19. The first-order valence-electron chi connectivity index (χ1n) is 5.06. The zero-order valence-electron chi connectivity index (χ0n) is 9.44. The van der Waals surface area contributed by atoms with Crippen LogP contribution in [0.4, 0.5) is 4.39 Å². The molecule has 0 N–H and O–H groups in total. The lowest BCUT2D eigenvalue weighted by Gasteiger charge is -2.10. The Hall–Kier alpha value is -1.42. The number of ether oxygens (including phenoxy) is 1. The van der Waals surface area contributed by atoms with Crippen LogP contribution in [-0.4, -0.2) is 24.0 Å². The molecule has 0 bridgehead atoms. The average Bonchev–Trinajstić information content (AvgIpc) is 2.26. The standard InChI is InChI=1S/C12H12ClFO3/c1-7(2)17-12(16)10(14)11(15)8-4-3-5-9(13)6-8/h3-7,10H,1-2H3. The zero-order chi connectivity index (χ0) is 13.0. The first-order chi connectivity index (χ1) is 7.91. The van der Waals surface area contributed by atoms with Crippen LogP contribution in [0.1, 0.15) is 24.2 Å². The van der Waals surface area contributed by atoms with Gasteiger partial charge in [-0.05, 0) is 26.0 Å². The molecular weight excluding hydrogens is 247 g/mol. The van der Waals surface area contributed by atoms with Crippen LogP contribution in [0.5, 0.6) is 0 Å². The molecule has 0 amide bonds. The summed E-state index contributed by atoms with van der Waals surface area (Å²) in [4.78, 5) is 22.8. The second kappa shape index (κ2) is 5.77. The first-order valence-corrected chi connectivity index (χ1v) is 5.44. The van der Waals surface area contributed by atoms with Crippen molar-refractivity contribution >= 4 is 23.4 Å². The van der Waals surface area contributed by atoms with Crippen molar-refractivity contribution in [3.05, 3.63) is 34.9 Å². The molecule has 92 valence electrons. The van der Waals surface area contributed by atoms with Gasteiger partial charge in [0.1, 0.15) is 0 Å². The molecule has 0 saturated carbocycles. The van der Waals surface area contributed by atoms with Gasteiger partial charge in [0.25, 0.3) is 6.17 Å². The third-order valence-corrected chi connectivity index (χ3v) is 2.13. The van der Waals surface area contributed by atoms with E-state index in [2.05, 4.69) is 4.74 Å². The van der Waals surface area contributed by atoms with Crippen LogP contribution >= 0.6 is 11.6 Å². The average molecular weight is 259 g/mol. The minimum atomic E-state index is -2.31. The molecule has 0 aliphatic carbocycles. The molecule has 17 heavy (non-hydrogen) atoms. The Balaban J connectivity index is 2.80. The maximum absolute atomic E-state index is 13.5. The number of hydrogen-bond acceptors (Lipinski definition) is 3. The fourth-order valence-corrected chi connectivity index (χ4v) is 1.38. The Kier molecular flexibility index (Phi) is 4.63. The Morgan fingerprint density at radius 1 is 1.35 bits per heavy atom. The van der Waals surface area contributed by atoms with Crippen LogP contribution in [0.25, 0.3) is 0 Å². The minimum Gasteiger partial charge on any atom is -0.460 e. The van der Waals surface area contributed by atoms with E-state index in [0.717, 1.165) is 0 Å². The lowest BCUT2D eigenvalue weighted by Crippen LogP contribution is -2.29. The van der Waals surface area contributed by atoms with Crippen molar-refractivity contribution in [2.45, 2.75) is 26.1 Å². The van der Waals surface area contributed by atoms with E-state index in [-0.39, 0.29) is 5.56 Å². The summed E-state index contributed by atoms with van der Waals surface area (Å²) in [6, 6.07) is 5.76. The van der Waals surface area contributed by atoms with Crippen LogP contribution in [-0.2, 0) is 9.53 Å². The predicted octanol–water partition coefficient (Wildman–Crippen LogP) is 2.81. The quantitative estimate of drug-likeness (QED) is 0.474. The lowest BCUT2D eigenvalue weighted by atomic mass is 10.1. The van der Waals surface area contributed by atoms with Crippen LogP contribution in [0.15, 0.2) is 24.3 Å². The van der Waals surface area contributed by atoms with Gasteiger partial charge in [0, 0.05) is 10.6 Å². The molecule has 0 aliphatic heterocycles. The molecule has 0 heterocycles. The van der Waals surface area contributed by atoms with E-state index in [1.807, 2.05) is 0 Å². The number of esters is 1. The highest BCUT2D eigenvalue weighted by Gasteiger charge is 2.29. The number of ketones is 1. The second-order valence-electron chi connectivity index (χ2n) is 3.72. The number of Topliss-reactive ketones (excluding diaryl/α,β-unsaturated/α-hetero) is 1. The van der Waals surface area contributed by atoms with Gasteiger partial charge in [-0.2, -0.15) is 0 Å². The Bertz CT molecular complexity index is 432. The second-order valence-corrected chi connectivity index (χ2v) is 4.16. The molecule has 0 saturated heterocycles. The molecule has 1 aromatic carbocycles. The lowest BCUT2D eigenvalue weighted by molar-refractivity contribution is -0.151. The molecule has 3 nitrogen and oxygen atoms in total. The van der Waals surface area contributed by atoms with Gasteiger partial charge in [0.2, 0.25) is 5.78 Å². The summed E-state index contributed by atoms with van der Waals surface area (Å²) < 4.78 is 18.1. The molecule has 0 radical (unpaired) electrons. The van der Waals surface area contributed by atoms with Crippen molar-refractivity contribution in [2.75, 3.05) is 0 Å². The SMILES string of the molecule is CC(C)OC(=O)C(F)C(=O)c1cccc(Cl)c1. The van der Waals surface area contributed by atoms with Crippen molar-refractivity contribution < 1.29 is 18.7 Å². The first kappa shape index (κ1) is 13.6. The highest BCUT2D eigenvalue weighted by Crippen LogP contribution is 2.14. The summed E-state index contributed by atoms with van der Waals surface area (Å²) in [6.45, 7) is 3.16. The Morgan fingerprint density at radius 2 is 2.00 bits per heavy atom. The molecule has 0 aromatic heterocycles. The molecule has 0 fully saturated rings. The smallest absolute Gasteiger partial charge is 0.349 e. The van der Waals surface area contributed by atoms with Gasteiger partial charge < -0.3 is 4.74 Å². The molecule has 5 heteroatoms. The monoisotopic (exact) mass is 258 g/mol. The fraction of sp³-hybridized carbons (Fsp3) is 0.333. The van der Waals surface area contributed by atoms with Crippen molar-refractivity contribution in [3.8, 4) is 0 Å². The van der Waals surface area contributed by atoms with Crippen LogP contribution in [0.3, 0.4) is 0 Å². The largest absolute Gasteiger partial charge is 0.460 e. The topological polar surface area (TPSA) is 43.4 Å². The normalized spacial score (nSPS) is 12.3. The molecule has 0 aliphatic rings. The highest BCUT2D eigenvalue weighted by molar-refractivity contribution is 6.31. The van der Waals surface area contributed by atoms with E-state index >= 15 is 0 Å². The Morgan fingerprint density at radius 3 is 2.53 bits per heavy atom. The molecule has 1 atom stereocenters. The van der Waals surface area contributed by atoms with E-state index in [1.54, 1.807) is 19.9 Å². The summed E-state index contributed by atoms with van der Waals surface area (Å²) >= 11 is 5.67.